The number of aromatic nitrogens is 2. The van der Waals surface area contributed by atoms with Crippen LogP contribution in [0.2, 0.25) is 0 Å². The topological polar surface area (TPSA) is 70.4 Å². The Bertz CT molecular complexity index is 514. The zero-order valence-electron chi connectivity index (χ0n) is 12.4. The molecule has 1 fully saturated rings. The highest BCUT2D eigenvalue weighted by atomic mass is 79.9. The first-order valence-corrected chi connectivity index (χ1v) is 8.28. The third-order valence-corrected chi connectivity index (χ3v) is 4.62. The Kier molecular flexibility index (Phi) is 6.20. The Morgan fingerprint density at radius 3 is 3.05 bits per heavy atom. The normalized spacial score (nSPS) is 18.7. The molecule has 1 aromatic heterocycles. The number of anilines is 1. The molecule has 0 spiro atoms. The summed E-state index contributed by atoms with van der Waals surface area (Å²) in [6.07, 6.45) is 4.14. The van der Waals surface area contributed by atoms with Crippen LogP contribution in [0.4, 0.5) is 5.69 Å². The molecule has 1 aromatic rings. The molecule has 0 radical (unpaired) electrons. The summed E-state index contributed by atoms with van der Waals surface area (Å²) in [5, 5.41) is 16.5. The third-order valence-electron chi connectivity index (χ3n) is 3.88. The summed E-state index contributed by atoms with van der Waals surface area (Å²) in [6, 6.07) is 0. The summed E-state index contributed by atoms with van der Waals surface area (Å²) >= 11 is 3.40. The van der Waals surface area contributed by atoms with Gasteiger partial charge in [0.2, 0.25) is 0 Å². The number of rotatable bonds is 6. The Balaban J connectivity index is 2.17. The number of nitrogens with one attached hydrogen (secondary N) is 1. The van der Waals surface area contributed by atoms with Gasteiger partial charge in [-0.15, -0.1) is 0 Å². The maximum Gasteiger partial charge on any atom is 0.283 e. The van der Waals surface area contributed by atoms with Crippen LogP contribution < -0.4 is 15.8 Å². The lowest BCUT2D eigenvalue weighted by Crippen LogP contribution is -2.39. The van der Waals surface area contributed by atoms with Gasteiger partial charge in [-0.2, -0.15) is 5.10 Å². The molecule has 0 saturated carbocycles. The van der Waals surface area contributed by atoms with Gasteiger partial charge in [-0.25, -0.2) is 4.68 Å². The number of nitrogens with zero attached hydrogens (tertiary/aromatic N) is 3. The number of hydrogen-bond acceptors (Lipinski definition) is 5. The van der Waals surface area contributed by atoms with Crippen LogP contribution in [0, 0.1) is 5.92 Å². The van der Waals surface area contributed by atoms with Crippen molar-refractivity contribution >= 4 is 21.6 Å². The van der Waals surface area contributed by atoms with E-state index >= 15 is 0 Å². The maximum atomic E-state index is 12.2. The van der Waals surface area contributed by atoms with Crippen LogP contribution in [0.1, 0.15) is 19.8 Å². The molecule has 6 nitrogen and oxygen atoms in total. The van der Waals surface area contributed by atoms with Gasteiger partial charge in [0, 0.05) is 13.1 Å². The van der Waals surface area contributed by atoms with Crippen LogP contribution in [0.25, 0.3) is 0 Å². The predicted octanol–water partition coefficient (Wildman–Crippen LogP) is 0.824. The van der Waals surface area contributed by atoms with Gasteiger partial charge in [-0.1, -0.05) is 0 Å². The molecule has 1 atom stereocenters. The number of aliphatic hydroxyl groups is 1. The molecule has 21 heavy (non-hydrogen) atoms. The van der Waals surface area contributed by atoms with Crippen molar-refractivity contribution in [2.45, 2.75) is 26.3 Å². The predicted molar refractivity (Wildman–Crippen MR) is 86.8 cm³/mol. The second-order valence-electron chi connectivity index (χ2n) is 5.35. The van der Waals surface area contributed by atoms with Crippen molar-refractivity contribution in [3.8, 4) is 0 Å². The van der Waals surface area contributed by atoms with Crippen molar-refractivity contribution < 1.29 is 5.11 Å². The molecule has 7 heteroatoms. The summed E-state index contributed by atoms with van der Waals surface area (Å²) in [5.41, 5.74) is 0.643. The Morgan fingerprint density at radius 2 is 2.43 bits per heavy atom. The van der Waals surface area contributed by atoms with Crippen molar-refractivity contribution in [1.82, 2.24) is 15.1 Å². The van der Waals surface area contributed by atoms with Gasteiger partial charge in [-0.05, 0) is 54.7 Å². The van der Waals surface area contributed by atoms with Gasteiger partial charge in [0.15, 0.2) is 0 Å². The lowest BCUT2D eigenvalue weighted by molar-refractivity contribution is 0.266. The molecule has 2 rings (SSSR count). The third kappa shape index (κ3) is 4.05. The molecule has 0 aliphatic carbocycles. The van der Waals surface area contributed by atoms with E-state index in [4.69, 9.17) is 5.11 Å². The van der Waals surface area contributed by atoms with E-state index in [-0.39, 0.29) is 18.7 Å². The lowest BCUT2D eigenvalue weighted by atomic mass is 9.99. The van der Waals surface area contributed by atoms with Crippen LogP contribution in [-0.2, 0) is 6.54 Å². The van der Waals surface area contributed by atoms with Crippen LogP contribution >= 0.6 is 15.9 Å². The molecule has 118 valence electrons. The number of aliphatic hydroxyl groups excluding tert-OH is 1. The molecule has 2 heterocycles. The Hall–Kier alpha value is -0.920. The minimum Gasteiger partial charge on any atom is -0.394 e. The molecule has 0 amide bonds. The molecule has 0 bridgehead atoms. The quantitative estimate of drug-likeness (QED) is 0.787. The van der Waals surface area contributed by atoms with Crippen molar-refractivity contribution in [3.05, 3.63) is 21.0 Å². The minimum absolute atomic E-state index is 0.0933. The fourth-order valence-electron chi connectivity index (χ4n) is 2.72. The molecule has 1 aliphatic rings. The van der Waals surface area contributed by atoms with E-state index in [1.165, 1.54) is 17.5 Å². The van der Waals surface area contributed by atoms with Gasteiger partial charge in [0.05, 0.1) is 25.0 Å². The highest BCUT2D eigenvalue weighted by molar-refractivity contribution is 9.10. The van der Waals surface area contributed by atoms with Crippen molar-refractivity contribution in [1.29, 1.82) is 0 Å². The van der Waals surface area contributed by atoms with E-state index in [0.29, 0.717) is 10.4 Å². The van der Waals surface area contributed by atoms with Crippen LogP contribution in [0.15, 0.2) is 15.5 Å². The molecular formula is C14H23BrN4O2. The maximum absolute atomic E-state index is 12.2. The van der Waals surface area contributed by atoms with Crippen molar-refractivity contribution in [2.24, 2.45) is 5.92 Å². The monoisotopic (exact) mass is 358 g/mol. The summed E-state index contributed by atoms with van der Waals surface area (Å²) in [4.78, 5) is 14.4. The molecular weight excluding hydrogens is 336 g/mol. The number of piperidine rings is 1. The highest BCUT2D eigenvalue weighted by Crippen LogP contribution is 2.23. The van der Waals surface area contributed by atoms with Crippen molar-refractivity contribution in [2.75, 3.05) is 37.7 Å². The first-order valence-electron chi connectivity index (χ1n) is 7.49. The van der Waals surface area contributed by atoms with E-state index in [1.807, 2.05) is 0 Å². The lowest BCUT2D eigenvalue weighted by Gasteiger charge is -2.31. The van der Waals surface area contributed by atoms with Crippen molar-refractivity contribution in [3.63, 3.8) is 0 Å². The van der Waals surface area contributed by atoms with Crippen LogP contribution in [0.3, 0.4) is 0 Å². The first-order chi connectivity index (χ1) is 10.2. The van der Waals surface area contributed by atoms with E-state index in [2.05, 4.69) is 38.2 Å². The summed E-state index contributed by atoms with van der Waals surface area (Å²) in [7, 11) is 0. The minimum atomic E-state index is -0.193. The summed E-state index contributed by atoms with van der Waals surface area (Å²) < 4.78 is 1.81. The molecule has 2 N–H and O–H groups in total. The molecule has 1 saturated heterocycles. The molecule has 1 aliphatic heterocycles. The van der Waals surface area contributed by atoms with Crippen LogP contribution in [0.5, 0.6) is 0 Å². The van der Waals surface area contributed by atoms with E-state index in [9.17, 15) is 4.79 Å². The number of hydrogen-bond donors (Lipinski definition) is 2. The second-order valence-corrected chi connectivity index (χ2v) is 6.14. The van der Waals surface area contributed by atoms with Gasteiger partial charge in [0.1, 0.15) is 4.47 Å². The average Bonchev–Trinajstić information content (AvgIpc) is 2.51. The largest absolute Gasteiger partial charge is 0.394 e. The van der Waals surface area contributed by atoms with E-state index in [0.717, 1.165) is 31.9 Å². The Morgan fingerprint density at radius 1 is 1.62 bits per heavy atom. The molecule has 1 unspecified atom stereocenters. The highest BCUT2D eigenvalue weighted by Gasteiger charge is 2.19. The standard InChI is InChI=1S/C14H23BrN4O2/c1-2-18(10-11-4-3-5-16-8-11)12-9-17-19(6-7-20)14(21)13(12)15/h9,11,16,20H,2-8,10H2,1H3. The fourth-order valence-corrected chi connectivity index (χ4v) is 3.28. The fraction of sp³-hybridized carbons (Fsp3) is 0.714. The van der Waals surface area contributed by atoms with Gasteiger partial charge < -0.3 is 15.3 Å². The van der Waals surface area contributed by atoms with E-state index < -0.39 is 0 Å². The van der Waals surface area contributed by atoms with E-state index in [1.54, 1.807) is 6.20 Å². The van der Waals surface area contributed by atoms with Crippen LogP contribution in [-0.4, -0.2) is 47.7 Å². The number of halogens is 1. The summed E-state index contributed by atoms with van der Waals surface area (Å²) in [5.74, 6) is 0.602. The van der Waals surface area contributed by atoms with Gasteiger partial charge >= 0.3 is 0 Å². The zero-order chi connectivity index (χ0) is 15.2. The second kappa shape index (κ2) is 7.91. The SMILES string of the molecule is CCN(CC1CCCNC1)c1cnn(CCO)c(=O)c1Br. The van der Waals surface area contributed by atoms with Gasteiger partial charge in [0.25, 0.3) is 5.56 Å². The smallest absolute Gasteiger partial charge is 0.283 e. The Labute approximate surface area is 133 Å². The first kappa shape index (κ1) is 16.5. The zero-order valence-corrected chi connectivity index (χ0v) is 14.0. The molecule has 0 aromatic carbocycles. The van der Waals surface area contributed by atoms with Gasteiger partial charge in [-0.3, -0.25) is 4.79 Å². The summed E-state index contributed by atoms with van der Waals surface area (Å²) in [6.45, 7) is 6.10. The average molecular weight is 359 g/mol.